The molecule has 4 aromatic rings. The molecule has 0 saturated heterocycles. The number of aromatic nitrogens is 1. The summed E-state index contributed by atoms with van der Waals surface area (Å²) in [6.07, 6.45) is 2.19. The SMILES string of the molecule is O=S(=O)(c1ccccc1)c1nc(-c2ccco2)oc1NCCc1ccccc1. The maximum Gasteiger partial charge on any atom is 0.266 e. The molecular weight excluding hydrogens is 376 g/mol. The first-order valence-corrected chi connectivity index (χ1v) is 10.3. The largest absolute Gasteiger partial charge is 0.459 e. The third-order valence-electron chi connectivity index (χ3n) is 4.18. The van der Waals surface area contributed by atoms with E-state index in [4.69, 9.17) is 8.83 Å². The molecule has 2 aromatic heterocycles. The van der Waals surface area contributed by atoms with Gasteiger partial charge in [-0.2, -0.15) is 4.98 Å². The molecule has 0 unspecified atom stereocenters. The topological polar surface area (TPSA) is 85.3 Å². The Labute approximate surface area is 162 Å². The zero-order valence-corrected chi connectivity index (χ0v) is 15.7. The van der Waals surface area contributed by atoms with Gasteiger partial charge < -0.3 is 14.2 Å². The monoisotopic (exact) mass is 394 g/mol. The van der Waals surface area contributed by atoms with Gasteiger partial charge in [-0.1, -0.05) is 48.5 Å². The van der Waals surface area contributed by atoms with E-state index >= 15 is 0 Å². The van der Waals surface area contributed by atoms with Gasteiger partial charge in [-0.05, 0) is 36.2 Å². The van der Waals surface area contributed by atoms with Crippen molar-refractivity contribution in [2.75, 3.05) is 11.9 Å². The lowest BCUT2D eigenvalue weighted by atomic mass is 10.1. The van der Waals surface area contributed by atoms with Gasteiger partial charge in [-0.3, -0.25) is 0 Å². The quantitative estimate of drug-likeness (QED) is 0.499. The van der Waals surface area contributed by atoms with Crippen molar-refractivity contribution in [1.29, 1.82) is 0 Å². The van der Waals surface area contributed by atoms with E-state index < -0.39 is 9.84 Å². The highest BCUT2D eigenvalue weighted by Gasteiger charge is 2.28. The maximum absolute atomic E-state index is 13.1. The van der Waals surface area contributed by atoms with Crippen LogP contribution in [0.2, 0.25) is 0 Å². The van der Waals surface area contributed by atoms with Gasteiger partial charge in [0.15, 0.2) is 5.76 Å². The van der Waals surface area contributed by atoms with Gasteiger partial charge in [-0.25, -0.2) is 8.42 Å². The molecular formula is C21H18N2O4S. The summed E-state index contributed by atoms with van der Waals surface area (Å²) in [7, 11) is -3.84. The summed E-state index contributed by atoms with van der Waals surface area (Å²) in [5.74, 6) is 0.577. The van der Waals surface area contributed by atoms with Gasteiger partial charge in [-0.15, -0.1) is 0 Å². The van der Waals surface area contributed by atoms with Gasteiger partial charge in [0.1, 0.15) is 0 Å². The fraction of sp³-hybridized carbons (Fsp3) is 0.0952. The predicted octanol–water partition coefficient (Wildman–Crippen LogP) is 4.42. The summed E-state index contributed by atoms with van der Waals surface area (Å²) < 4.78 is 37.2. The molecule has 0 spiro atoms. The number of benzene rings is 2. The van der Waals surface area contributed by atoms with Crippen LogP contribution in [0, 0.1) is 0 Å². The van der Waals surface area contributed by atoms with Crippen LogP contribution in [0.4, 0.5) is 5.88 Å². The Balaban J connectivity index is 1.66. The molecule has 2 aromatic carbocycles. The number of hydrogen-bond acceptors (Lipinski definition) is 6. The van der Waals surface area contributed by atoms with E-state index in [2.05, 4.69) is 10.3 Å². The molecule has 0 bridgehead atoms. The Morgan fingerprint density at radius 3 is 2.29 bits per heavy atom. The van der Waals surface area contributed by atoms with E-state index in [0.29, 0.717) is 18.7 Å². The normalized spacial score (nSPS) is 11.4. The van der Waals surface area contributed by atoms with Crippen molar-refractivity contribution < 1.29 is 17.3 Å². The molecule has 0 atom stereocenters. The summed E-state index contributed by atoms with van der Waals surface area (Å²) in [4.78, 5) is 4.37. The lowest BCUT2D eigenvalue weighted by molar-refractivity contribution is 0.522. The van der Waals surface area contributed by atoms with Crippen molar-refractivity contribution in [1.82, 2.24) is 4.98 Å². The van der Waals surface area contributed by atoms with Crippen LogP contribution >= 0.6 is 0 Å². The molecule has 6 nitrogen and oxygen atoms in total. The van der Waals surface area contributed by atoms with Crippen LogP contribution in [0.3, 0.4) is 0 Å². The molecule has 0 aliphatic rings. The number of hydrogen-bond donors (Lipinski definition) is 1. The van der Waals surface area contributed by atoms with Gasteiger partial charge in [0, 0.05) is 6.54 Å². The Morgan fingerprint density at radius 2 is 1.61 bits per heavy atom. The van der Waals surface area contributed by atoms with Crippen LogP contribution in [-0.4, -0.2) is 19.9 Å². The van der Waals surface area contributed by atoms with E-state index in [1.165, 1.54) is 18.4 Å². The van der Waals surface area contributed by atoms with E-state index in [9.17, 15) is 8.42 Å². The molecule has 0 radical (unpaired) electrons. The summed E-state index contributed by atoms with van der Waals surface area (Å²) in [6.45, 7) is 0.494. The Hall–Kier alpha value is -3.32. The van der Waals surface area contributed by atoms with Crippen LogP contribution in [0.15, 0.2) is 97.8 Å². The van der Waals surface area contributed by atoms with Crippen LogP contribution < -0.4 is 5.32 Å². The highest BCUT2D eigenvalue weighted by atomic mass is 32.2. The molecule has 28 heavy (non-hydrogen) atoms. The van der Waals surface area contributed by atoms with Crippen molar-refractivity contribution in [3.63, 3.8) is 0 Å². The fourth-order valence-corrected chi connectivity index (χ4v) is 4.08. The zero-order chi connectivity index (χ0) is 19.4. The molecule has 0 saturated carbocycles. The van der Waals surface area contributed by atoms with Crippen molar-refractivity contribution in [2.24, 2.45) is 0 Å². The standard InChI is InChI=1S/C21H18N2O4S/c24-28(25,17-10-5-2-6-11-17)21-20(22-14-13-16-8-3-1-4-9-16)27-19(23-21)18-12-7-15-26-18/h1-12,15,22H,13-14H2. The molecule has 0 aliphatic carbocycles. The van der Waals surface area contributed by atoms with Gasteiger partial charge >= 0.3 is 0 Å². The number of nitrogens with one attached hydrogen (secondary N) is 1. The Kier molecular flexibility index (Phi) is 4.99. The summed E-state index contributed by atoms with van der Waals surface area (Å²) in [5, 5.41) is 2.92. The van der Waals surface area contributed by atoms with Gasteiger partial charge in [0.2, 0.25) is 20.7 Å². The van der Waals surface area contributed by atoms with Crippen molar-refractivity contribution in [3.8, 4) is 11.7 Å². The molecule has 142 valence electrons. The number of rotatable bonds is 7. The third kappa shape index (κ3) is 3.70. The second kappa shape index (κ2) is 7.74. The second-order valence-electron chi connectivity index (χ2n) is 6.11. The summed E-state index contributed by atoms with van der Waals surface area (Å²) in [6, 6.07) is 21.4. The van der Waals surface area contributed by atoms with E-state index in [0.717, 1.165) is 5.56 Å². The van der Waals surface area contributed by atoms with E-state index in [1.54, 1.807) is 30.3 Å². The van der Waals surface area contributed by atoms with E-state index in [1.807, 2.05) is 30.3 Å². The first-order valence-electron chi connectivity index (χ1n) is 8.77. The van der Waals surface area contributed by atoms with Crippen molar-refractivity contribution in [3.05, 3.63) is 84.6 Å². The number of anilines is 1. The number of furan rings is 1. The molecule has 0 aliphatic heterocycles. The van der Waals surface area contributed by atoms with Crippen molar-refractivity contribution >= 4 is 15.7 Å². The fourth-order valence-electron chi connectivity index (χ4n) is 2.78. The molecule has 2 heterocycles. The van der Waals surface area contributed by atoms with Crippen molar-refractivity contribution in [2.45, 2.75) is 16.3 Å². The number of sulfone groups is 1. The third-order valence-corrected chi connectivity index (χ3v) is 5.86. The molecule has 7 heteroatoms. The minimum atomic E-state index is -3.84. The van der Waals surface area contributed by atoms with Gasteiger partial charge in [0.05, 0.1) is 11.2 Å². The lowest BCUT2D eigenvalue weighted by Gasteiger charge is -2.06. The summed E-state index contributed by atoms with van der Waals surface area (Å²) >= 11 is 0. The molecule has 4 rings (SSSR count). The highest BCUT2D eigenvalue weighted by Crippen LogP contribution is 2.32. The highest BCUT2D eigenvalue weighted by molar-refractivity contribution is 7.91. The predicted molar refractivity (Wildman–Crippen MR) is 105 cm³/mol. The molecule has 0 amide bonds. The second-order valence-corrected chi connectivity index (χ2v) is 7.97. The average molecular weight is 394 g/mol. The zero-order valence-electron chi connectivity index (χ0n) is 14.9. The first-order chi connectivity index (χ1) is 13.6. The van der Waals surface area contributed by atoms with E-state index in [-0.39, 0.29) is 21.7 Å². The van der Waals surface area contributed by atoms with Crippen LogP contribution in [-0.2, 0) is 16.3 Å². The number of nitrogens with zero attached hydrogens (tertiary/aromatic N) is 1. The smallest absolute Gasteiger partial charge is 0.266 e. The molecule has 1 N–H and O–H groups in total. The van der Waals surface area contributed by atoms with Crippen LogP contribution in [0.25, 0.3) is 11.7 Å². The first kappa shape index (κ1) is 18.1. The minimum absolute atomic E-state index is 0.103. The average Bonchev–Trinajstić information content (AvgIpc) is 3.40. The van der Waals surface area contributed by atoms with Crippen LogP contribution in [0.5, 0.6) is 0 Å². The Bertz CT molecular complexity index is 1140. The van der Waals surface area contributed by atoms with Crippen LogP contribution in [0.1, 0.15) is 5.56 Å². The lowest BCUT2D eigenvalue weighted by Crippen LogP contribution is -2.09. The number of oxazole rings is 1. The summed E-state index contributed by atoms with van der Waals surface area (Å²) in [5.41, 5.74) is 1.13. The maximum atomic E-state index is 13.1. The molecule has 0 fully saturated rings. The van der Waals surface area contributed by atoms with Gasteiger partial charge in [0.25, 0.3) is 5.89 Å². The Morgan fingerprint density at radius 1 is 0.893 bits per heavy atom. The minimum Gasteiger partial charge on any atom is -0.459 e.